The molecule has 0 saturated heterocycles. The highest BCUT2D eigenvalue weighted by Gasteiger charge is 2.24. The average molecular weight is 355 g/mol. The van der Waals surface area contributed by atoms with Gasteiger partial charge in [-0.3, -0.25) is 4.79 Å². The van der Waals surface area contributed by atoms with Crippen LogP contribution in [0.15, 0.2) is 12.2 Å². The van der Waals surface area contributed by atoms with Gasteiger partial charge in [-0.05, 0) is 36.5 Å². The van der Waals surface area contributed by atoms with Crippen molar-refractivity contribution in [1.29, 1.82) is 0 Å². The van der Waals surface area contributed by atoms with E-state index < -0.39 is 11.9 Å². The number of esters is 2. The van der Waals surface area contributed by atoms with Crippen LogP contribution in [0, 0.1) is 23.7 Å². The fourth-order valence-electron chi connectivity index (χ4n) is 2.52. The Labute approximate surface area is 154 Å². The molecule has 0 spiro atoms. The van der Waals surface area contributed by atoms with Gasteiger partial charge in [-0.15, -0.1) is 0 Å². The Morgan fingerprint density at radius 3 is 1.52 bits per heavy atom. The number of carbonyl (C=O) groups excluding carboxylic acids is 2. The molecule has 0 aliphatic carbocycles. The van der Waals surface area contributed by atoms with Gasteiger partial charge in [-0.1, -0.05) is 62.0 Å². The van der Waals surface area contributed by atoms with Crippen LogP contribution in [0.2, 0.25) is 0 Å². The monoisotopic (exact) mass is 354 g/mol. The normalized spacial score (nSPS) is 14.1. The van der Waals surface area contributed by atoms with Crippen LogP contribution >= 0.6 is 0 Å². The molecule has 0 aromatic rings. The van der Waals surface area contributed by atoms with E-state index in [0.717, 1.165) is 12.8 Å². The zero-order valence-corrected chi connectivity index (χ0v) is 17.4. The van der Waals surface area contributed by atoms with Crippen LogP contribution in [-0.2, 0) is 19.1 Å². The van der Waals surface area contributed by atoms with E-state index in [4.69, 9.17) is 9.47 Å². The highest BCUT2D eigenvalue weighted by Crippen LogP contribution is 2.20. The molecule has 2 atom stereocenters. The predicted octanol–water partition coefficient (Wildman–Crippen LogP) is 5.16. The molecular formula is C21H38O4. The summed E-state index contributed by atoms with van der Waals surface area (Å²) in [6.45, 7) is 20.2. The third-order valence-corrected chi connectivity index (χ3v) is 4.08. The summed E-state index contributed by atoms with van der Waals surface area (Å²) >= 11 is 0. The zero-order chi connectivity index (χ0) is 19.7. The second-order valence-electron chi connectivity index (χ2n) is 8.50. The van der Waals surface area contributed by atoms with Crippen LogP contribution in [0.3, 0.4) is 0 Å². The third-order valence-electron chi connectivity index (χ3n) is 4.08. The highest BCUT2D eigenvalue weighted by molar-refractivity contribution is 5.93. The summed E-state index contributed by atoms with van der Waals surface area (Å²) in [6, 6.07) is 0. The Balaban J connectivity index is 4.63. The molecule has 0 fully saturated rings. The van der Waals surface area contributed by atoms with E-state index in [9.17, 15) is 9.59 Å². The molecular weight excluding hydrogens is 316 g/mol. The summed E-state index contributed by atoms with van der Waals surface area (Å²) in [7, 11) is 0. The lowest BCUT2D eigenvalue weighted by Crippen LogP contribution is -2.28. The Bertz CT molecular complexity index is 435. The van der Waals surface area contributed by atoms with E-state index in [1.54, 1.807) is 0 Å². The molecule has 0 rings (SSSR count). The standard InChI is InChI=1S/C21H38O4/c1-13(2)10-18(15(5)6)24-20(22)12-17(9)21(23)25-19(16(7)8)11-14(3)4/h13-16,18-19H,9-12H2,1-8H3. The first-order chi connectivity index (χ1) is 11.4. The maximum atomic E-state index is 12.2. The maximum absolute atomic E-state index is 12.2. The maximum Gasteiger partial charge on any atom is 0.334 e. The molecule has 4 nitrogen and oxygen atoms in total. The van der Waals surface area contributed by atoms with Gasteiger partial charge in [0.05, 0.1) is 6.42 Å². The molecule has 146 valence electrons. The number of ether oxygens (including phenoxy) is 2. The minimum atomic E-state index is -0.499. The second-order valence-corrected chi connectivity index (χ2v) is 8.50. The molecule has 0 aliphatic heterocycles. The molecule has 0 aliphatic rings. The summed E-state index contributed by atoms with van der Waals surface area (Å²) < 4.78 is 11.1. The summed E-state index contributed by atoms with van der Waals surface area (Å²) in [4.78, 5) is 24.4. The Morgan fingerprint density at radius 2 is 1.16 bits per heavy atom. The lowest BCUT2D eigenvalue weighted by Gasteiger charge is -2.24. The quantitative estimate of drug-likeness (QED) is 0.380. The van der Waals surface area contributed by atoms with E-state index in [2.05, 4.69) is 34.3 Å². The Kier molecular flexibility index (Phi) is 10.7. The summed E-state index contributed by atoms with van der Waals surface area (Å²) in [5.74, 6) is 0.426. The van der Waals surface area contributed by atoms with Gasteiger partial charge in [0.2, 0.25) is 0 Å². The minimum absolute atomic E-state index is 0.118. The first-order valence-corrected chi connectivity index (χ1v) is 9.52. The molecule has 0 bridgehead atoms. The molecule has 0 N–H and O–H groups in total. The molecule has 0 aromatic heterocycles. The van der Waals surface area contributed by atoms with E-state index in [1.807, 2.05) is 27.7 Å². The molecule has 0 saturated carbocycles. The van der Waals surface area contributed by atoms with Crippen LogP contribution in [-0.4, -0.2) is 24.1 Å². The van der Waals surface area contributed by atoms with Crippen molar-refractivity contribution in [2.75, 3.05) is 0 Å². The van der Waals surface area contributed by atoms with Crippen LogP contribution in [0.5, 0.6) is 0 Å². The Hall–Kier alpha value is -1.32. The number of hydrogen-bond donors (Lipinski definition) is 0. The van der Waals surface area contributed by atoms with Crippen LogP contribution in [0.4, 0.5) is 0 Å². The van der Waals surface area contributed by atoms with Crippen molar-refractivity contribution >= 4 is 11.9 Å². The van der Waals surface area contributed by atoms with Gasteiger partial charge in [0.15, 0.2) is 0 Å². The van der Waals surface area contributed by atoms with Crippen molar-refractivity contribution in [3.63, 3.8) is 0 Å². The number of hydrogen-bond acceptors (Lipinski definition) is 4. The second kappa shape index (κ2) is 11.3. The van der Waals surface area contributed by atoms with Crippen molar-refractivity contribution in [3.05, 3.63) is 12.2 Å². The van der Waals surface area contributed by atoms with Crippen LogP contribution in [0.25, 0.3) is 0 Å². The summed E-state index contributed by atoms with van der Waals surface area (Å²) in [5, 5.41) is 0. The summed E-state index contributed by atoms with van der Waals surface area (Å²) in [6.07, 6.45) is 1.19. The van der Waals surface area contributed by atoms with Crippen molar-refractivity contribution in [2.24, 2.45) is 23.7 Å². The summed E-state index contributed by atoms with van der Waals surface area (Å²) in [5.41, 5.74) is 0.159. The lowest BCUT2D eigenvalue weighted by atomic mass is 9.97. The van der Waals surface area contributed by atoms with Gasteiger partial charge in [0.1, 0.15) is 12.2 Å². The number of rotatable bonds is 11. The van der Waals surface area contributed by atoms with E-state index >= 15 is 0 Å². The van der Waals surface area contributed by atoms with Gasteiger partial charge in [0.25, 0.3) is 0 Å². The fourth-order valence-corrected chi connectivity index (χ4v) is 2.52. The average Bonchev–Trinajstić information content (AvgIpc) is 2.44. The molecule has 0 aromatic carbocycles. The van der Waals surface area contributed by atoms with Crippen LogP contribution < -0.4 is 0 Å². The number of carbonyl (C=O) groups is 2. The van der Waals surface area contributed by atoms with Crippen molar-refractivity contribution in [2.45, 2.75) is 86.9 Å². The SMILES string of the molecule is C=C(CC(=O)OC(CC(C)C)C(C)C)C(=O)OC(CC(C)C)C(C)C. The molecule has 25 heavy (non-hydrogen) atoms. The predicted molar refractivity (Wildman–Crippen MR) is 102 cm³/mol. The van der Waals surface area contributed by atoms with E-state index in [1.165, 1.54) is 0 Å². The molecule has 0 radical (unpaired) electrons. The largest absolute Gasteiger partial charge is 0.462 e. The molecule has 0 amide bonds. The van der Waals surface area contributed by atoms with E-state index in [-0.39, 0.29) is 36.0 Å². The third kappa shape index (κ3) is 10.3. The first-order valence-electron chi connectivity index (χ1n) is 9.52. The molecule has 4 heteroatoms. The topological polar surface area (TPSA) is 52.6 Å². The van der Waals surface area contributed by atoms with Crippen molar-refractivity contribution < 1.29 is 19.1 Å². The van der Waals surface area contributed by atoms with E-state index in [0.29, 0.717) is 11.8 Å². The fraction of sp³-hybridized carbons (Fsp3) is 0.810. The van der Waals surface area contributed by atoms with Crippen molar-refractivity contribution in [1.82, 2.24) is 0 Å². The van der Waals surface area contributed by atoms with Crippen molar-refractivity contribution in [3.8, 4) is 0 Å². The van der Waals surface area contributed by atoms with Gasteiger partial charge in [-0.25, -0.2) is 4.79 Å². The van der Waals surface area contributed by atoms with Crippen LogP contribution in [0.1, 0.15) is 74.7 Å². The molecule has 2 unspecified atom stereocenters. The van der Waals surface area contributed by atoms with Gasteiger partial charge in [-0.2, -0.15) is 0 Å². The minimum Gasteiger partial charge on any atom is -0.462 e. The molecule has 0 heterocycles. The lowest BCUT2D eigenvalue weighted by molar-refractivity contribution is -0.155. The van der Waals surface area contributed by atoms with Gasteiger partial charge < -0.3 is 9.47 Å². The van der Waals surface area contributed by atoms with Gasteiger partial charge >= 0.3 is 11.9 Å². The smallest absolute Gasteiger partial charge is 0.334 e. The highest BCUT2D eigenvalue weighted by atomic mass is 16.6. The first kappa shape index (κ1) is 23.7. The zero-order valence-electron chi connectivity index (χ0n) is 17.4. The van der Waals surface area contributed by atoms with Gasteiger partial charge in [0, 0.05) is 5.57 Å². The Morgan fingerprint density at radius 1 is 0.760 bits per heavy atom.